The summed E-state index contributed by atoms with van der Waals surface area (Å²) in [5, 5.41) is 19.6. The minimum Gasteiger partial charge on any atom is -0.492 e. The van der Waals surface area contributed by atoms with Crippen molar-refractivity contribution in [3.8, 4) is 28.4 Å². The molecule has 0 aliphatic rings. The largest absolute Gasteiger partial charge is 0.492 e. The molecule has 0 unspecified atom stereocenters. The predicted molar refractivity (Wildman–Crippen MR) is 170 cm³/mol. The maximum absolute atomic E-state index is 12.4. The Morgan fingerprint density at radius 3 is 1.91 bits per heavy atom. The molecule has 0 aromatic heterocycles. The van der Waals surface area contributed by atoms with Crippen LogP contribution in [0, 0.1) is 5.41 Å². The first kappa shape index (κ1) is 34.8. The molecule has 0 heterocycles. The lowest BCUT2D eigenvalue weighted by atomic mass is 9.88. The topological polar surface area (TPSA) is 129 Å². The monoisotopic (exact) mass is 616 g/mol. The maximum atomic E-state index is 12.4. The number of aliphatic hydroxyl groups excluding tert-OH is 2. The fourth-order valence-corrected chi connectivity index (χ4v) is 4.04. The normalized spacial score (nSPS) is 11.0. The number of ether oxygens (including phenoxy) is 4. The zero-order chi connectivity index (χ0) is 33.0. The molecule has 45 heavy (non-hydrogen) atoms. The third kappa shape index (κ3) is 10.2. The Kier molecular flexibility index (Phi) is 12.6. The van der Waals surface area contributed by atoms with Gasteiger partial charge in [0.1, 0.15) is 23.9 Å². The number of hydrogen-bond acceptors (Lipinski definition) is 9. The highest BCUT2D eigenvalue weighted by atomic mass is 16.5. The Balaban J connectivity index is 1.65. The Morgan fingerprint density at radius 1 is 0.778 bits per heavy atom. The number of carbonyl (C=O) groups is 3. The number of carbonyl (C=O) groups excluding carboxylic acids is 3. The summed E-state index contributed by atoms with van der Waals surface area (Å²) in [5.41, 5.74) is 3.09. The van der Waals surface area contributed by atoms with E-state index in [4.69, 9.17) is 18.9 Å². The van der Waals surface area contributed by atoms with Crippen molar-refractivity contribution in [1.29, 1.82) is 0 Å². The molecule has 9 nitrogen and oxygen atoms in total. The van der Waals surface area contributed by atoms with E-state index in [9.17, 15) is 24.6 Å². The molecule has 0 aliphatic heterocycles. The SMILES string of the molecule is C=C(C)C(=O)OCc1cc(-c2ccc(CCC(=O)Oc3ccc(OC(=O)C(=C)C)cc3)cc2)ccc1OCC(CC)(CO)CO. The average Bonchev–Trinajstić information content (AvgIpc) is 3.04. The molecule has 238 valence electrons. The van der Waals surface area contributed by atoms with E-state index in [0.717, 1.165) is 16.7 Å². The van der Waals surface area contributed by atoms with Crippen molar-refractivity contribution in [2.24, 2.45) is 5.41 Å². The van der Waals surface area contributed by atoms with E-state index >= 15 is 0 Å². The first-order valence-corrected chi connectivity index (χ1v) is 14.6. The summed E-state index contributed by atoms with van der Waals surface area (Å²) in [6.07, 6.45) is 1.15. The Bertz CT molecular complexity index is 1490. The molecule has 0 bridgehead atoms. The molecule has 2 N–H and O–H groups in total. The van der Waals surface area contributed by atoms with Crippen LogP contribution in [-0.2, 0) is 32.1 Å². The summed E-state index contributed by atoms with van der Waals surface area (Å²) in [7, 11) is 0. The second-order valence-corrected chi connectivity index (χ2v) is 10.9. The van der Waals surface area contributed by atoms with E-state index in [2.05, 4.69) is 13.2 Å². The number of aryl methyl sites for hydroxylation is 1. The second-order valence-electron chi connectivity index (χ2n) is 10.9. The molecular weight excluding hydrogens is 576 g/mol. The van der Waals surface area contributed by atoms with Crippen molar-refractivity contribution < 1.29 is 43.5 Å². The van der Waals surface area contributed by atoms with Crippen LogP contribution in [0.25, 0.3) is 11.1 Å². The van der Waals surface area contributed by atoms with Crippen LogP contribution >= 0.6 is 0 Å². The molecule has 3 rings (SSSR count). The molecule has 0 saturated heterocycles. The van der Waals surface area contributed by atoms with Crippen molar-refractivity contribution >= 4 is 17.9 Å². The van der Waals surface area contributed by atoms with E-state index in [-0.39, 0.29) is 44.0 Å². The van der Waals surface area contributed by atoms with E-state index < -0.39 is 23.3 Å². The number of benzene rings is 3. The first-order chi connectivity index (χ1) is 21.5. The highest BCUT2D eigenvalue weighted by Crippen LogP contribution is 2.30. The second kappa shape index (κ2) is 16.4. The van der Waals surface area contributed by atoms with Crippen molar-refractivity contribution in [3.63, 3.8) is 0 Å². The van der Waals surface area contributed by atoms with Crippen LogP contribution in [0.1, 0.15) is 44.7 Å². The van der Waals surface area contributed by atoms with Crippen LogP contribution in [0.3, 0.4) is 0 Å². The van der Waals surface area contributed by atoms with Crippen LogP contribution < -0.4 is 14.2 Å². The Hall–Kier alpha value is -4.73. The predicted octanol–water partition coefficient (Wildman–Crippen LogP) is 5.75. The highest BCUT2D eigenvalue weighted by Gasteiger charge is 2.28. The smallest absolute Gasteiger partial charge is 0.338 e. The van der Waals surface area contributed by atoms with Gasteiger partial charge in [-0.25, -0.2) is 9.59 Å². The lowest BCUT2D eigenvalue weighted by Gasteiger charge is -2.28. The van der Waals surface area contributed by atoms with Crippen molar-refractivity contribution in [3.05, 3.63) is 102 Å². The third-order valence-corrected chi connectivity index (χ3v) is 7.24. The lowest BCUT2D eigenvalue weighted by Crippen LogP contribution is -2.35. The van der Waals surface area contributed by atoms with Gasteiger partial charge in [-0.15, -0.1) is 0 Å². The third-order valence-electron chi connectivity index (χ3n) is 7.24. The fraction of sp³-hybridized carbons (Fsp3) is 0.306. The van der Waals surface area contributed by atoms with Gasteiger partial charge in [0, 0.05) is 23.1 Å². The molecule has 0 spiro atoms. The summed E-state index contributed by atoms with van der Waals surface area (Å²) >= 11 is 0. The summed E-state index contributed by atoms with van der Waals surface area (Å²) in [6, 6.07) is 19.4. The van der Waals surface area contributed by atoms with Gasteiger partial charge in [0.15, 0.2) is 0 Å². The molecular formula is C36H40O9. The van der Waals surface area contributed by atoms with Gasteiger partial charge in [-0.3, -0.25) is 4.79 Å². The number of esters is 3. The minimum atomic E-state index is -0.793. The van der Waals surface area contributed by atoms with Gasteiger partial charge in [-0.1, -0.05) is 50.4 Å². The van der Waals surface area contributed by atoms with E-state index in [1.165, 1.54) is 0 Å². The van der Waals surface area contributed by atoms with Crippen LogP contribution in [0.15, 0.2) is 91.0 Å². The van der Waals surface area contributed by atoms with Gasteiger partial charge >= 0.3 is 17.9 Å². The minimum absolute atomic E-state index is 0.0468. The van der Waals surface area contributed by atoms with Crippen molar-refractivity contribution in [2.45, 2.75) is 46.6 Å². The van der Waals surface area contributed by atoms with Crippen LogP contribution in [0.5, 0.6) is 17.2 Å². The van der Waals surface area contributed by atoms with E-state index in [1.54, 1.807) is 44.2 Å². The summed E-state index contributed by atoms with van der Waals surface area (Å²) in [4.78, 5) is 36.1. The van der Waals surface area contributed by atoms with E-state index in [1.807, 2.05) is 43.3 Å². The van der Waals surface area contributed by atoms with Crippen LogP contribution in [-0.4, -0.2) is 47.9 Å². The van der Waals surface area contributed by atoms with Gasteiger partial charge in [0.05, 0.1) is 25.2 Å². The zero-order valence-corrected chi connectivity index (χ0v) is 26.0. The maximum Gasteiger partial charge on any atom is 0.338 e. The highest BCUT2D eigenvalue weighted by molar-refractivity contribution is 5.88. The molecule has 3 aromatic carbocycles. The van der Waals surface area contributed by atoms with Gasteiger partial charge in [0.25, 0.3) is 0 Å². The summed E-state index contributed by atoms with van der Waals surface area (Å²) in [6.45, 7) is 11.7. The summed E-state index contributed by atoms with van der Waals surface area (Å²) < 4.78 is 21.9. The quantitative estimate of drug-likeness (QED) is 0.117. The average molecular weight is 617 g/mol. The van der Waals surface area contributed by atoms with Crippen LogP contribution in [0.4, 0.5) is 0 Å². The number of aliphatic hydroxyl groups is 2. The lowest BCUT2D eigenvalue weighted by molar-refractivity contribution is -0.140. The molecule has 9 heteroatoms. The zero-order valence-electron chi connectivity index (χ0n) is 26.0. The fourth-order valence-electron chi connectivity index (χ4n) is 4.04. The van der Waals surface area contributed by atoms with Gasteiger partial charge < -0.3 is 29.2 Å². The first-order valence-electron chi connectivity index (χ1n) is 14.6. The molecule has 0 saturated carbocycles. The number of hydrogen-bond donors (Lipinski definition) is 2. The van der Waals surface area contributed by atoms with E-state index in [0.29, 0.717) is 35.7 Å². The summed E-state index contributed by atoms with van der Waals surface area (Å²) in [5.74, 6) is -0.306. The standard InChI is InChI=1S/C36H40O9/c1-6-36(21-37,22-38)23-43-32-17-12-28(19-29(32)20-42-34(40)24(2)3)27-10-7-26(8-11-27)9-18-33(39)44-30-13-15-31(16-14-30)45-35(41)25(4)5/h7-8,10-17,19,37-38H,2,4,6,9,18,20-23H2,1,3,5H3. The molecule has 0 aliphatic carbocycles. The molecule has 3 aromatic rings. The van der Waals surface area contributed by atoms with Gasteiger partial charge in [-0.05, 0) is 79.8 Å². The van der Waals surface area contributed by atoms with Gasteiger partial charge in [-0.2, -0.15) is 0 Å². The molecule has 0 radical (unpaired) electrons. The van der Waals surface area contributed by atoms with Crippen molar-refractivity contribution in [1.82, 2.24) is 0 Å². The molecule has 0 fully saturated rings. The van der Waals surface area contributed by atoms with Gasteiger partial charge in [0.2, 0.25) is 0 Å². The Morgan fingerprint density at radius 2 is 1.36 bits per heavy atom. The van der Waals surface area contributed by atoms with Crippen LogP contribution in [0.2, 0.25) is 0 Å². The van der Waals surface area contributed by atoms with Crippen molar-refractivity contribution in [2.75, 3.05) is 19.8 Å². The molecule has 0 amide bonds. The number of rotatable bonds is 16. The molecule has 0 atom stereocenters. The Labute approximate surface area is 263 Å².